The molecule has 32 heavy (non-hydrogen) atoms. The van der Waals surface area contributed by atoms with Gasteiger partial charge >= 0.3 is 0 Å². The van der Waals surface area contributed by atoms with E-state index >= 15 is 0 Å². The average Bonchev–Trinajstić information content (AvgIpc) is 2.77. The molecule has 0 saturated carbocycles. The van der Waals surface area contributed by atoms with Crippen molar-refractivity contribution in [1.29, 1.82) is 0 Å². The fourth-order valence-electron chi connectivity index (χ4n) is 4.39. The van der Waals surface area contributed by atoms with Gasteiger partial charge in [-0.05, 0) is 66.4 Å². The largest absolute Gasteiger partial charge is 0.496 e. The quantitative estimate of drug-likeness (QED) is 0.702. The van der Waals surface area contributed by atoms with E-state index < -0.39 is 0 Å². The minimum absolute atomic E-state index is 0.0309. The van der Waals surface area contributed by atoms with Crippen molar-refractivity contribution in [3.63, 3.8) is 0 Å². The second-order valence-corrected chi connectivity index (χ2v) is 9.00. The highest BCUT2D eigenvalue weighted by Crippen LogP contribution is 2.32. The Balaban J connectivity index is 1.68. The van der Waals surface area contributed by atoms with Crippen LogP contribution in [0.25, 0.3) is 5.57 Å². The summed E-state index contributed by atoms with van der Waals surface area (Å²) in [5, 5.41) is 0. The second-order valence-electron chi connectivity index (χ2n) is 9.00. The molecule has 1 amide bonds. The lowest BCUT2D eigenvalue weighted by molar-refractivity contribution is -0.122. The molecule has 3 aliphatic heterocycles. The molecule has 3 heterocycles. The van der Waals surface area contributed by atoms with Gasteiger partial charge < -0.3 is 14.5 Å². The third kappa shape index (κ3) is 4.44. The number of carbonyl (C=O) groups is 1. The number of carbonyl (C=O) groups excluding carboxylic acids is 1. The summed E-state index contributed by atoms with van der Waals surface area (Å²) in [6, 6.07) is 6.14. The molecule has 0 radical (unpaired) electrons. The molecule has 1 fully saturated rings. The molecule has 5 nitrogen and oxygen atoms in total. The van der Waals surface area contributed by atoms with Gasteiger partial charge in [0.15, 0.2) is 0 Å². The van der Waals surface area contributed by atoms with Gasteiger partial charge in [0, 0.05) is 38.5 Å². The van der Waals surface area contributed by atoms with Gasteiger partial charge in [-0.3, -0.25) is 9.69 Å². The van der Waals surface area contributed by atoms with Gasteiger partial charge in [-0.25, -0.2) is 0 Å². The summed E-state index contributed by atoms with van der Waals surface area (Å²) in [4.78, 5) is 19.9. The first kappa shape index (κ1) is 22.2. The lowest BCUT2D eigenvalue weighted by atomic mass is 9.95. The van der Waals surface area contributed by atoms with Crippen molar-refractivity contribution in [3.05, 3.63) is 82.9 Å². The van der Waals surface area contributed by atoms with E-state index in [-0.39, 0.29) is 5.91 Å². The first-order valence-corrected chi connectivity index (χ1v) is 11.3. The number of allylic oxidation sites excluding steroid dienone is 6. The maximum atomic E-state index is 13.4. The number of fused-ring (bicyclic) bond motifs is 1. The Bertz CT molecular complexity index is 1050. The van der Waals surface area contributed by atoms with Crippen LogP contribution in [0.4, 0.5) is 0 Å². The molecule has 3 aliphatic rings. The smallest absolute Gasteiger partial charge is 0.255 e. The second kappa shape index (κ2) is 9.21. The number of ether oxygens (including phenoxy) is 1. The van der Waals surface area contributed by atoms with E-state index in [9.17, 15) is 4.79 Å². The summed E-state index contributed by atoms with van der Waals surface area (Å²) in [5.41, 5.74) is 6.19. The Labute approximate surface area is 191 Å². The Morgan fingerprint density at radius 3 is 2.50 bits per heavy atom. The zero-order valence-electron chi connectivity index (χ0n) is 19.8. The van der Waals surface area contributed by atoms with Crippen molar-refractivity contribution in [1.82, 2.24) is 14.7 Å². The lowest BCUT2D eigenvalue weighted by Gasteiger charge is -2.37. The summed E-state index contributed by atoms with van der Waals surface area (Å²) >= 11 is 0. The number of hydrogen-bond donors (Lipinski definition) is 0. The van der Waals surface area contributed by atoms with Crippen molar-refractivity contribution in [2.45, 2.75) is 26.7 Å². The summed E-state index contributed by atoms with van der Waals surface area (Å²) in [6.45, 7) is 10.4. The zero-order valence-corrected chi connectivity index (χ0v) is 19.8. The highest BCUT2D eigenvalue weighted by atomic mass is 16.5. The number of piperazine rings is 1. The van der Waals surface area contributed by atoms with E-state index in [4.69, 9.17) is 4.74 Å². The van der Waals surface area contributed by atoms with Gasteiger partial charge in [-0.15, -0.1) is 0 Å². The van der Waals surface area contributed by atoms with Gasteiger partial charge in [0.05, 0.1) is 18.5 Å². The first-order chi connectivity index (χ1) is 15.4. The van der Waals surface area contributed by atoms with Crippen LogP contribution in [0.1, 0.15) is 37.8 Å². The van der Waals surface area contributed by atoms with E-state index in [1.165, 1.54) is 0 Å². The Kier molecular flexibility index (Phi) is 6.38. The normalized spacial score (nSPS) is 23.9. The van der Waals surface area contributed by atoms with Gasteiger partial charge in [-0.2, -0.15) is 0 Å². The van der Waals surface area contributed by atoms with Crippen molar-refractivity contribution >= 4 is 11.5 Å². The maximum Gasteiger partial charge on any atom is 0.255 e. The van der Waals surface area contributed by atoms with E-state index in [0.29, 0.717) is 5.92 Å². The third-order valence-corrected chi connectivity index (χ3v) is 6.39. The number of likely N-dealkylation sites (N-methyl/N-ethyl adjacent to an activating group) is 1. The van der Waals surface area contributed by atoms with E-state index in [1.807, 2.05) is 36.6 Å². The molecule has 1 saturated heterocycles. The molecule has 5 heteroatoms. The molecule has 4 rings (SSSR count). The average molecular weight is 432 g/mol. The molecular formula is C27H33N3O2. The highest BCUT2D eigenvalue weighted by Gasteiger charge is 2.25. The molecular weight excluding hydrogens is 398 g/mol. The summed E-state index contributed by atoms with van der Waals surface area (Å²) in [5.74, 6) is 1.18. The first-order valence-electron chi connectivity index (χ1n) is 11.3. The third-order valence-electron chi connectivity index (χ3n) is 6.39. The van der Waals surface area contributed by atoms with Crippen LogP contribution < -0.4 is 4.74 Å². The molecule has 0 aliphatic carbocycles. The molecule has 1 aromatic carbocycles. The van der Waals surface area contributed by atoms with E-state index in [2.05, 4.69) is 49.8 Å². The minimum Gasteiger partial charge on any atom is -0.496 e. The fraction of sp³-hybridized carbons (Fsp3) is 0.370. The summed E-state index contributed by atoms with van der Waals surface area (Å²) in [6.07, 6.45) is 12.0. The standard InChI is InChI=1S/C27H33N3O2/c1-19(2)24-16-22(9-10-26(24)32-5)21-7-6-8-25-20(3)15-23(18-30(25)27(31)17-21)29-13-11-28(4)12-14-29/h6-10,15-19H,11-14H2,1-5H3/b7-6+,21-17+,25-8+. The number of amides is 1. The van der Waals surface area contributed by atoms with Crippen molar-refractivity contribution in [3.8, 4) is 5.75 Å². The number of methoxy groups -OCH3 is 1. The molecule has 1 aromatic rings. The molecule has 0 spiro atoms. The maximum absolute atomic E-state index is 13.4. The van der Waals surface area contributed by atoms with Crippen LogP contribution in [0.15, 0.2) is 71.7 Å². The topological polar surface area (TPSA) is 36.0 Å². The van der Waals surface area contributed by atoms with Gasteiger partial charge in [0.1, 0.15) is 5.75 Å². The van der Waals surface area contributed by atoms with Crippen molar-refractivity contribution in [2.75, 3.05) is 40.3 Å². The van der Waals surface area contributed by atoms with Gasteiger partial charge in [0.25, 0.3) is 5.91 Å². The molecule has 0 atom stereocenters. The van der Waals surface area contributed by atoms with E-state index in [1.54, 1.807) is 18.1 Å². The lowest BCUT2D eigenvalue weighted by Crippen LogP contribution is -2.44. The number of rotatable bonds is 4. The summed E-state index contributed by atoms with van der Waals surface area (Å²) < 4.78 is 5.53. The molecule has 0 bridgehead atoms. The van der Waals surface area contributed by atoms with Gasteiger partial charge in [-0.1, -0.05) is 32.1 Å². The number of hydrogen-bond acceptors (Lipinski definition) is 4. The number of nitrogens with zero attached hydrogens (tertiary/aromatic N) is 3. The Morgan fingerprint density at radius 2 is 1.81 bits per heavy atom. The van der Waals surface area contributed by atoms with Crippen LogP contribution in [0.3, 0.4) is 0 Å². The Morgan fingerprint density at radius 1 is 1.06 bits per heavy atom. The van der Waals surface area contributed by atoms with Crippen LogP contribution in [0.2, 0.25) is 0 Å². The SMILES string of the molecule is COc1ccc(C2=C\C(=O)N3C=C(N4CCN(C)CC4)C=C(C)\C3=C/C=C/2)cc1C(C)C. The zero-order chi connectivity index (χ0) is 22.8. The van der Waals surface area contributed by atoms with Crippen LogP contribution in [-0.2, 0) is 4.79 Å². The van der Waals surface area contributed by atoms with Crippen LogP contribution in [-0.4, -0.2) is 60.9 Å². The van der Waals surface area contributed by atoms with Crippen molar-refractivity contribution < 1.29 is 9.53 Å². The monoisotopic (exact) mass is 431 g/mol. The number of benzene rings is 1. The van der Waals surface area contributed by atoms with Crippen LogP contribution in [0, 0.1) is 0 Å². The van der Waals surface area contributed by atoms with Crippen LogP contribution >= 0.6 is 0 Å². The fourth-order valence-corrected chi connectivity index (χ4v) is 4.39. The van der Waals surface area contributed by atoms with Gasteiger partial charge in [0.2, 0.25) is 0 Å². The van der Waals surface area contributed by atoms with Crippen LogP contribution in [0.5, 0.6) is 5.75 Å². The van der Waals surface area contributed by atoms with Crippen molar-refractivity contribution in [2.24, 2.45) is 0 Å². The molecule has 0 aromatic heterocycles. The minimum atomic E-state index is -0.0309. The Hall–Kier alpha value is -3.05. The molecule has 0 unspecified atom stereocenters. The molecule has 0 N–H and O–H groups in total. The highest BCUT2D eigenvalue weighted by molar-refractivity contribution is 6.00. The summed E-state index contributed by atoms with van der Waals surface area (Å²) in [7, 11) is 3.85. The predicted octanol–water partition coefficient (Wildman–Crippen LogP) is 4.53. The molecule has 168 valence electrons. The predicted molar refractivity (Wildman–Crippen MR) is 130 cm³/mol. The van der Waals surface area contributed by atoms with E-state index in [0.717, 1.165) is 65.6 Å².